The quantitative estimate of drug-likeness (QED) is 0.133. The van der Waals surface area contributed by atoms with Crippen LogP contribution < -0.4 is 0 Å². The van der Waals surface area contributed by atoms with Crippen LogP contribution in [0.3, 0.4) is 0 Å². The topological polar surface area (TPSA) is 78.9 Å². The van der Waals surface area contributed by atoms with Gasteiger partial charge in [0.15, 0.2) is 0 Å². The first-order valence-electron chi connectivity index (χ1n) is 14.2. The molecule has 228 valence electrons. The van der Waals surface area contributed by atoms with E-state index in [0.717, 1.165) is 0 Å². The molecule has 0 aromatic carbocycles. The number of ketones is 3. The third-order valence-electron chi connectivity index (χ3n) is 5.89. The molecule has 0 saturated carbocycles. The van der Waals surface area contributed by atoms with Gasteiger partial charge in [-0.1, -0.05) is 0 Å². The Balaban J connectivity index is 7.14. The molecule has 0 aromatic heterocycles. The van der Waals surface area contributed by atoms with Crippen LogP contribution in [-0.4, -0.2) is 41.4 Å². The summed E-state index contributed by atoms with van der Waals surface area (Å²) in [6.45, 7) is 34.4. The maximum absolute atomic E-state index is 13.1. The van der Waals surface area contributed by atoms with E-state index in [1.807, 2.05) is 125 Å². The molecule has 0 unspecified atom stereocenters. The molecule has 0 radical (unpaired) electrons. The van der Waals surface area contributed by atoms with Crippen LogP contribution in [0.25, 0.3) is 0 Å². The zero-order chi connectivity index (χ0) is 32.3. The standard InChI is InChI=1S/3C11H20O2.Tl/c3*1-10(2,3)8(12)7-9(13)11(4,5)6;/h3*7,12H,1-6H3;/q;;;+3/p-3/b3*8-7-;. The maximum atomic E-state index is 13.1. The average molecular weight is 754 g/mol. The van der Waals surface area contributed by atoms with Crippen molar-refractivity contribution < 1.29 is 22.4 Å². The molecule has 0 aliphatic heterocycles. The summed E-state index contributed by atoms with van der Waals surface area (Å²) in [4.78, 5) is 39.2. The van der Waals surface area contributed by atoms with Crippen molar-refractivity contribution in [2.45, 2.75) is 125 Å². The SMILES string of the molecule is CC(C)(C)C(=O)/C=C(\[O][Tl]([O]/C(=C\C(=O)C(C)(C)C)C(C)(C)C)[O]/C(=C\C(=O)C(C)(C)C)C(C)(C)C)C(C)(C)C. The molecule has 6 nitrogen and oxygen atoms in total. The summed E-state index contributed by atoms with van der Waals surface area (Å²) in [5.74, 6) is 1.16. The van der Waals surface area contributed by atoms with E-state index in [1.165, 1.54) is 0 Å². The summed E-state index contributed by atoms with van der Waals surface area (Å²) >= 11 is -4.30. The van der Waals surface area contributed by atoms with Crippen molar-refractivity contribution in [3.05, 3.63) is 35.5 Å². The fourth-order valence-corrected chi connectivity index (χ4v) is 10.6. The predicted molar refractivity (Wildman–Crippen MR) is 165 cm³/mol. The summed E-state index contributed by atoms with van der Waals surface area (Å²) in [6, 6.07) is 0. The Morgan fingerprint density at radius 3 is 0.675 bits per heavy atom. The molecular weight excluding hydrogens is 697 g/mol. The number of carbonyl (C=O) groups excluding carboxylic acids is 3. The first-order valence-corrected chi connectivity index (χ1v) is 19.7. The van der Waals surface area contributed by atoms with E-state index in [0.29, 0.717) is 17.3 Å². The van der Waals surface area contributed by atoms with Crippen LogP contribution in [0.4, 0.5) is 0 Å². The second-order valence-electron chi connectivity index (χ2n) is 16.8. The molecule has 0 spiro atoms. The van der Waals surface area contributed by atoms with Gasteiger partial charge >= 0.3 is 256 Å². The van der Waals surface area contributed by atoms with E-state index < -0.39 is 56.6 Å². The Hall–Kier alpha value is -1.45. The molecule has 0 heterocycles. The van der Waals surface area contributed by atoms with Crippen molar-refractivity contribution in [2.24, 2.45) is 32.5 Å². The van der Waals surface area contributed by atoms with Gasteiger partial charge in [-0.2, -0.15) is 0 Å². The molecule has 0 fully saturated rings. The van der Waals surface area contributed by atoms with Gasteiger partial charge in [0.25, 0.3) is 0 Å². The van der Waals surface area contributed by atoms with Crippen LogP contribution in [0, 0.1) is 32.5 Å². The monoisotopic (exact) mass is 754 g/mol. The molecule has 0 bridgehead atoms. The van der Waals surface area contributed by atoms with Crippen LogP contribution in [0.5, 0.6) is 0 Å². The molecule has 0 N–H and O–H groups in total. The third kappa shape index (κ3) is 13.5. The number of hydrogen-bond donors (Lipinski definition) is 0. The van der Waals surface area contributed by atoms with Gasteiger partial charge in [-0.05, 0) is 0 Å². The minimum atomic E-state index is -4.30. The van der Waals surface area contributed by atoms with Gasteiger partial charge in [-0.25, -0.2) is 0 Å². The number of rotatable bonds is 9. The summed E-state index contributed by atoms with van der Waals surface area (Å²) < 4.78 is 19.7. The Labute approximate surface area is 255 Å². The van der Waals surface area contributed by atoms with Crippen LogP contribution in [-0.2, 0) is 22.4 Å². The van der Waals surface area contributed by atoms with Gasteiger partial charge in [0.2, 0.25) is 0 Å². The van der Waals surface area contributed by atoms with Crippen molar-refractivity contribution in [2.75, 3.05) is 0 Å². The molecule has 0 aromatic rings. The Kier molecular flexibility index (Phi) is 12.8. The molecule has 0 aliphatic rings. The zero-order valence-electron chi connectivity index (χ0n) is 28.8. The second kappa shape index (κ2) is 13.2. The Morgan fingerprint density at radius 2 is 0.550 bits per heavy atom. The molecule has 40 heavy (non-hydrogen) atoms. The van der Waals surface area contributed by atoms with Crippen LogP contribution in [0.1, 0.15) is 125 Å². The second-order valence-corrected chi connectivity index (χ2v) is 21.8. The first kappa shape index (κ1) is 38.6. The fraction of sp³-hybridized carbons (Fsp3) is 0.727. The van der Waals surface area contributed by atoms with Crippen molar-refractivity contribution >= 4 is 41.4 Å². The van der Waals surface area contributed by atoms with Crippen LogP contribution in [0.15, 0.2) is 35.5 Å². The van der Waals surface area contributed by atoms with Gasteiger partial charge in [-0.3, -0.25) is 0 Å². The first-order chi connectivity index (χ1) is 17.4. The average Bonchev–Trinajstić information content (AvgIpc) is 2.67. The molecule has 0 rings (SSSR count). The normalized spacial score (nSPS) is 15.0. The van der Waals surface area contributed by atoms with Gasteiger partial charge in [0.05, 0.1) is 0 Å². The van der Waals surface area contributed by atoms with Crippen molar-refractivity contribution in [1.82, 2.24) is 0 Å². The van der Waals surface area contributed by atoms with Crippen LogP contribution in [0.2, 0.25) is 0 Å². The third-order valence-corrected chi connectivity index (χ3v) is 11.1. The molecule has 7 heteroatoms. The number of allylic oxidation sites excluding steroid dienone is 6. The number of carbonyl (C=O) groups is 3. The van der Waals surface area contributed by atoms with E-state index in [9.17, 15) is 14.4 Å². The van der Waals surface area contributed by atoms with Crippen LogP contribution >= 0.6 is 0 Å². The fourth-order valence-electron chi connectivity index (χ4n) is 2.67. The summed E-state index contributed by atoms with van der Waals surface area (Å²) in [5.41, 5.74) is -3.36. The van der Waals surface area contributed by atoms with Gasteiger partial charge in [0.1, 0.15) is 0 Å². The van der Waals surface area contributed by atoms with E-state index in [4.69, 9.17) is 8.06 Å². The number of hydrogen-bond acceptors (Lipinski definition) is 6. The van der Waals surface area contributed by atoms with Crippen molar-refractivity contribution in [3.8, 4) is 0 Å². The summed E-state index contributed by atoms with van der Waals surface area (Å²) in [6.07, 6.45) is 4.63. The van der Waals surface area contributed by atoms with Gasteiger partial charge in [-0.15, -0.1) is 0 Å². The molecule has 0 saturated heterocycles. The zero-order valence-corrected chi connectivity index (χ0v) is 33.2. The summed E-state index contributed by atoms with van der Waals surface area (Å²) in [7, 11) is 0. The van der Waals surface area contributed by atoms with Gasteiger partial charge in [0, 0.05) is 0 Å². The summed E-state index contributed by atoms with van der Waals surface area (Å²) in [5, 5.41) is 0. The van der Waals surface area contributed by atoms with Crippen molar-refractivity contribution in [3.63, 3.8) is 0 Å². The minimum absolute atomic E-state index is 0.0754. The van der Waals surface area contributed by atoms with E-state index in [1.54, 1.807) is 18.2 Å². The molecular formula is C33H57O6Tl. The van der Waals surface area contributed by atoms with E-state index in [-0.39, 0.29) is 17.3 Å². The molecule has 0 aliphatic carbocycles. The van der Waals surface area contributed by atoms with E-state index >= 15 is 0 Å². The predicted octanol–water partition coefficient (Wildman–Crippen LogP) is 8.66. The Morgan fingerprint density at radius 1 is 0.375 bits per heavy atom. The van der Waals surface area contributed by atoms with Gasteiger partial charge < -0.3 is 0 Å². The Bertz CT molecular complexity index is 885. The van der Waals surface area contributed by atoms with Crippen molar-refractivity contribution in [1.29, 1.82) is 0 Å². The van der Waals surface area contributed by atoms with E-state index in [2.05, 4.69) is 0 Å². The molecule has 0 atom stereocenters. The molecule has 0 amide bonds.